The zero-order chi connectivity index (χ0) is 17.7. The van der Waals surface area contributed by atoms with Crippen molar-refractivity contribution >= 4 is 5.91 Å². The zero-order valence-corrected chi connectivity index (χ0v) is 15.2. The fourth-order valence-electron chi connectivity index (χ4n) is 3.44. The summed E-state index contributed by atoms with van der Waals surface area (Å²) in [6, 6.07) is 7.51. The van der Waals surface area contributed by atoms with Crippen LogP contribution < -0.4 is 0 Å². The van der Waals surface area contributed by atoms with Gasteiger partial charge in [0.2, 0.25) is 0 Å². The van der Waals surface area contributed by atoms with Gasteiger partial charge < -0.3 is 19.6 Å². The number of likely N-dealkylation sites (N-methyl/N-ethyl adjacent to an activating group) is 1. The molecule has 0 spiro atoms. The molecule has 1 amide bonds. The third-order valence-corrected chi connectivity index (χ3v) is 4.83. The lowest BCUT2D eigenvalue weighted by Gasteiger charge is -2.33. The Bertz CT molecular complexity index is 530. The number of rotatable bonds is 5. The van der Waals surface area contributed by atoms with Gasteiger partial charge in [0.25, 0.3) is 5.91 Å². The molecule has 0 radical (unpaired) electrons. The summed E-state index contributed by atoms with van der Waals surface area (Å²) in [5.41, 5.74) is 1.83. The zero-order valence-electron chi connectivity index (χ0n) is 15.2. The van der Waals surface area contributed by atoms with Crippen LogP contribution in [0.15, 0.2) is 24.3 Å². The SMILES string of the molecule is CO[C@@H]1CCCC[C@@H](N(C)C(=O)c2ccc(CN(C)C)cc2)[C@H]1O. The van der Waals surface area contributed by atoms with Gasteiger partial charge in [0.15, 0.2) is 0 Å². The van der Waals surface area contributed by atoms with Gasteiger partial charge in [0, 0.05) is 26.3 Å². The Balaban J connectivity index is 2.10. The molecule has 0 unspecified atom stereocenters. The highest BCUT2D eigenvalue weighted by Gasteiger charge is 2.34. The number of hydrogen-bond acceptors (Lipinski definition) is 4. The summed E-state index contributed by atoms with van der Waals surface area (Å²) in [6.07, 6.45) is 2.83. The number of amides is 1. The highest BCUT2D eigenvalue weighted by Crippen LogP contribution is 2.25. The summed E-state index contributed by atoms with van der Waals surface area (Å²) in [5.74, 6) is -0.0489. The number of benzene rings is 1. The number of aliphatic hydroxyl groups excluding tert-OH is 1. The quantitative estimate of drug-likeness (QED) is 0.838. The maximum absolute atomic E-state index is 12.8. The Morgan fingerprint density at radius 1 is 1.17 bits per heavy atom. The summed E-state index contributed by atoms with van der Waals surface area (Å²) >= 11 is 0. The summed E-state index contributed by atoms with van der Waals surface area (Å²) in [4.78, 5) is 16.6. The van der Waals surface area contributed by atoms with Crippen LogP contribution in [-0.2, 0) is 11.3 Å². The molecule has 0 heterocycles. The summed E-state index contributed by atoms with van der Waals surface area (Å²) in [6.45, 7) is 0.848. The van der Waals surface area contributed by atoms with Crippen molar-refractivity contribution in [2.24, 2.45) is 0 Å². The van der Waals surface area contributed by atoms with E-state index in [0.29, 0.717) is 5.56 Å². The Kier molecular flexibility index (Phi) is 6.78. The standard InChI is InChI=1S/C19H30N2O3/c1-20(2)13-14-9-11-15(12-10-14)19(23)21(3)16-7-5-6-8-17(24-4)18(16)22/h9-12,16-18,22H,5-8,13H2,1-4H3/t16-,17-,18-/m1/s1. The lowest BCUT2D eigenvalue weighted by Crippen LogP contribution is -2.48. The molecular weight excluding hydrogens is 304 g/mol. The van der Waals surface area contributed by atoms with E-state index in [1.807, 2.05) is 38.4 Å². The molecule has 0 aromatic heterocycles. The van der Waals surface area contributed by atoms with E-state index in [2.05, 4.69) is 4.90 Å². The summed E-state index contributed by atoms with van der Waals surface area (Å²) < 4.78 is 5.41. The van der Waals surface area contributed by atoms with Crippen LogP contribution in [0.5, 0.6) is 0 Å². The van der Waals surface area contributed by atoms with Crippen molar-refractivity contribution in [2.45, 2.75) is 50.5 Å². The van der Waals surface area contributed by atoms with Gasteiger partial charge in [0.1, 0.15) is 6.10 Å². The third-order valence-electron chi connectivity index (χ3n) is 4.83. The predicted octanol–water partition coefficient (Wildman–Crippen LogP) is 2.14. The first-order valence-electron chi connectivity index (χ1n) is 8.65. The minimum absolute atomic E-state index is 0.0489. The molecule has 1 saturated carbocycles. The second-order valence-corrected chi connectivity index (χ2v) is 6.97. The Morgan fingerprint density at radius 3 is 2.38 bits per heavy atom. The van der Waals surface area contributed by atoms with Gasteiger partial charge in [-0.3, -0.25) is 4.79 Å². The minimum atomic E-state index is -0.639. The van der Waals surface area contributed by atoms with E-state index in [1.54, 1.807) is 19.1 Å². The van der Waals surface area contributed by atoms with E-state index in [4.69, 9.17) is 4.74 Å². The highest BCUT2D eigenvalue weighted by atomic mass is 16.5. The molecule has 1 aliphatic rings. The van der Waals surface area contributed by atoms with E-state index >= 15 is 0 Å². The van der Waals surface area contributed by atoms with Crippen LogP contribution in [0, 0.1) is 0 Å². The van der Waals surface area contributed by atoms with Crippen LogP contribution in [0.2, 0.25) is 0 Å². The van der Waals surface area contributed by atoms with Crippen molar-refractivity contribution in [3.05, 3.63) is 35.4 Å². The summed E-state index contributed by atoms with van der Waals surface area (Å²) in [7, 11) is 7.45. The second kappa shape index (κ2) is 8.60. The highest BCUT2D eigenvalue weighted by molar-refractivity contribution is 5.94. The van der Waals surface area contributed by atoms with E-state index in [0.717, 1.165) is 32.2 Å². The smallest absolute Gasteiger partial charge is 0.253 e. The first kappa shape index (κ1) is 18.9. The normalized spacial score (nSPS) is 24.7. The lowest BCUT2D eigenvalue weighted by atomic mass is 10.0. The molecule has 5 nitrogen and oxygen atoms in total. The van der Waals surface area contributed by atoms with Crippen molar-refractivity contribution in [3.8, 4) is 0 Å². The number of aliphatic hydroxyl groups is 1. The molecule has 0 aliphatic heterocycles. The third kappa shape index (κ3) is 4.56. The molecule has 2 rings (SSSR count). The fourth-order valence-corrected chi connectivity index (χ4v) is 3.44. The van der Waals surface area contributed by atoms with Crippen molar-refractivity contribution in [1.82, 2.24) is 9.80 Å². The molecule has 5 heteroatoms. The monoisotopic (exact) mass is 334 g/mol. The maximum Gasteiger partial charge on any atom is 0.253 e. The van der Waals surface area contributed by atoms with E-state index in [1.165, 1.54) is 5.56 Å². The number of methoxy groups -OCH3 is 1. The van der Waals surface area contributed by atoms with Crippen LogP contribution in [0.1, 0.15) is 41.6 Å². The minimum Gasteiger partial charge on any atom is -0.388 e. The first-order chi connectivity index (χ1) is 11.4. The maximum atomic E-state index is 12.8. The van der Waals surface area contributed by atoms with Crippen LogP contribution in [-0.4, -0.2) is 67.3 Å². The van der Waals surface area contributed by atoms with Crippen LogP contribution in [0.3, 0.4) is 0 Å². The largest absolute Gasteiger partial charge is 0.388 e. The van der Waals surface area contributed by atoms with Gasteiger partial charge in [-0.05, 0) is 44.6 Å². The van der Waals surface area contributed by atoms with Gasteiger partial charge in [-0.1, -0.05) is 25.0 Å². The van der Waals surface area contributed by atoms with Crippen LogP contribution in [0.25, 0.3) is 0 Å². The van der Waals surface area contributed by atoms with Gasteiger partial charge in [-0.15, -0.1) is 0 Å². The topological polar surface area (TPSA) is 53.0 Å². The Morgan fingerprint density at radius 2 is 1.79 bits per heavy atom. The van der Waals surface area contributed by atoms with Gasteiger partial charge in [0.05, 0.1) is 12.1 Å². The molecule has 134 valence electrons. The van der Waals surface area contributed by atoms with Crippen molar-refractivity contribution in [2.75, 3.05) is 28.3 Å². The molecule has 1 aromatic carbocycles. The van der Waals surface area contributed by atoms with Crippen molar-refractivity contribution in [3.63, 3.8) is 0 Å². The molecular formula is C19H30N2O3. The molecule has 1 fully saturated rings. The van der Waals surface area contributed by atoms with E-state index < -0.39 is 6.10 Å². The second-order valence-electron chi connectivity index (χ2n) is 6.97. The van der Waals surface area contributed by atoms with Gasteiger partial charge >= 0.3 is 0 Å². The first-order valence-corrected chi connectivity index (χ1v) is 8.65. The summed E-state index contributed by atoms with van der Waals surface area (Å²) in [5, 5.41) is 10.6. The Hall–Kier alpha value is -1.43. The number of ether oxygens (including phenoxy) is 1. The van der Waals surface area contributed by atoms with Gasteiger partial charge in [-0.25, -0.2) is 0 Å². The number of hydrogen-bond donors (Lipinski definition) is 1. The van der Waals surface area contributed by atoms with Gasteiger partial charge in [-0.2, -0.15) is 0 Å². The van der Waals surface area contributed by atoms with Crippen LogP contribution >= 0.6 is 0 Å². The fraction of sp³-hybridized carbons (Fsp3) is 0.632. The molecule has 1 aromatic rings. The molecule has 3 atom stereocenters. The molecule has 0 bridgehead atoms. The molecule has 1 N–H and O–H groups in total. The molecule has 1 aliphatic carbocycles. The number of nitrogens with zero attached hydrogens (tertiary/aromatic N) is 2. The number of carbonyl (C=O) groups is 1. The average molecular weight is 334 g/mol. The molecule has 24 heavy (non-hydrogen) atoms. The van der Waals surface area contributed by atoms with Crippen LogP contribution in [0.4, 0.5) is 0 Å². The van der Waals surface area contributed by atoms with E-state index in [9.17, 15) is 9.90 Å². The van der Waals surface area contributed by atoms with Crippen molar-refractivity contribution < 1.29 is 14.6 Å². The van der Waals surface area contributed by atoms with Crippen molar-refractivity contribution in [1.29, 1.82) is 0 Å². The average Bonchev–Trinajstić information content (AvgIpc) is 2.75. The predicted molar refractivity (Wildman–Crippen MR) is 95.0 cm³/mol. The number of carbonyl (C=O) groups excluding carboxylic acids is 1. The van der Waals surface area contributed by atoms with E-state index in [-0.39, 0.29) is 18.1 Å². The lowest BCUT2D eigenvalue weighted by molar-refractivity contribution is -0.0462. The molecule has 0 saturated heterocycles. The Labute approximate surface area is 145 Å².